The number of aromatic carboxylic acids is 1. The van der Waals surface area contributed by atoms with Crippen molar-refractivity contribution < 1.29 is 28.9 Å². The number of ether oxygens (including phenoxy) is 3. The van der Waals surface area contributed by atoms with Crippen molar-refractivity contribution in [3.8, 4) is 11.5 Å². The number of amides is 1. The Kier molecular flexibility index (Phi) is 6.43. The summed E-state index contributed by atoms with van der Waals surface area (Å²) in [6.45, 7) is 0. The Balaban J connectivity index is 2.21. The van der Waals surface area contributed by atoms with Gasteiger partial charge in [0, 0.05) is 0 Å². The fraction of sp³-hybridized carbons (Fsp3) is 0.263. The van der Waals surface area contributed by atoms with Crippen molar-refractivity contribution >= 4 is 17.7 Å². The summed E-state index contributed by atoms with van der Waals surface area (Å²) in [6.07, 6.45) is 0.521. The number of methoxy groups -OCH3 is 3. The van der Waals surface area contributed by atoms with E-state index in [1.807, 2.05) is 18.2 Å². The summed E-state index contributed by atoms with van der Waals surface area (Å²) >= 11 is 0. The van der Waals surface area contributed by atoms with Gasteiger partial charge in [-0.3, -0.25) is 5.32 Å². The van der Waals surface area contributed by atoms with Crippen molar-refractivity contribution in [2.45, 2.75) is 12.8 Å². The second-order valence-corrected chi connectivity index (χ2v) is 5.48. The molecule has 0 radical (unpaired) electrons. The van der Waals surface area contributed by atoms with Gasteiger partial charge < -0.3 is 19.3 Å². The number of carboxylic acid groups (broad SMARTS) is 1. The van der Waals surface area contributed by atoms with E-state index in [4.69, 9.17) is 9.47 Å². The first-order valence-electron chi connectivity index (χ1n) is 7.90. The molecule has 2 aromatic carbocycles. The summed E-state index contributed by atoms with van der Waals surface area (Å²) in [7, 11) is 4.41. The fourth-order valence-electron chi connectivity index (χ4n) is 2.55. The van der Waals surface area contributed by atoms with Crippen LogP contribution in [0.25, 0.3) is 0 Å². The number of hydrogen-bond acceptors (Lipinski definition) is 5. The van der Waals surface area contributed by atoms with Gasteiger partial charge in [0.1, 0.15) is 11.5 Å². The molecule has 0 aliphatic carbocycles. The second-order valence-electron chi connectivity index (χ2n) is 5.48. The number of nitrogens with one attached hydrogen (secondary N) is 1. The molecule has 0 heterocycles. The molecule has 0 saturated carbocycles. The smallest absolute Gasteiger partial charge is 0.411 e. The van der Waals surface area contributed by atoms with Crippen LogP contribution in [-0.2, 0) is 17.6 Å². The molecule has 0 atom stereocenters. The van der Waals surface area contributed by atoms with Crippen LogP contribution >= 0.6 is 0 Å². The van der Waals surface area contributed by atoms with Crippen molar-refractivity contribution in [2.75, 3.05) is 26.6 Å². The zero-order valence-electron chi connectivity index (χ0n) is 14.9. The summed E-state index contributed by atoms with van der Waals surface area (Å²) in [5.41, 5.74) is 1.97. The normalized spacial score (nSPS) is 10.1. The summed E-state index contributed by atoms with van der Waals surface area (Å²) in [6, 6.07) is 10.4. The second kappa shape index (κ2) is 8.75. The quantitative estimate of drug-likeness (QED) is 0.787. The molecular formula is C19H21NO6. The highest BCUT2D eigenvalue weighted by atomic mass is 16.5. The monoisotopic (exact) mass is 359 g/mol. The summed E-state index contributed by atoms with van der Waals surface area (Å²) in [4.78, 5) is 22.8. The zero-order chi connectivity index (χ0) is 19.1. The molecule has 0 spiro atoms. The third-order valence-electron chi connectivity index (χ3n) is 3.91. The number of aryl methyl sites for hydroxylation is 2. The molecule has 0 unspecified atom stereocenters. The van der Waals surface area contributed by atoms with Gasteiger partial charge >= 0.3 is 12.1 Å². The van der Waals surface area contributed by atoms with Crippen molar-refractivity contribution in [3.63, 3.8) is 0 Å². The molecule has 7 heteroatoms. The van der Waals surface area contributed by atoms with E-state index < -0.39 is 12.1 Å². The number of anilines is 1. The molecule has 138 valence electrons. The third kappa shape index (κ3) is 4.66. The molecule has 0 aliphatic heterocycles. The number of hydrogen-bond donors (Lipinski definition) is 2. The van der Waals surface area contributed by atoms with Gasteiger partial charge in [0.2, 0.25) is 0 Å². The van der Waals surface area contributed by atoms with E-state index in [1.165, 1.54) is 7.11 Å². The van der Waals surface area contributed by atoms with Crippen LogP contribution in [0.4, 0.5) is 10.5 Å². The molecule has 7 nitrogen and oxygen atoms in total. The first-order chi connectivity index (χ1) is 12.5. The molecule has 2 aromatic rings. The maximum Gasteiger partial charge on any atom is 0.411 e. The van der Waals surface area contributed by atoms with Crippen molar-refractivity contribution in [3.05, 3.63) is 53.1 Å². The average molecular weight is 359 g/mol. The highest BCUT2D eigenvalue weighted by Crippen LogP contribution is 2.26. The zero-order valence-corrected chi connectivity index (χ0v) is 14.9. The van der Waals surface area contributed by atoms with Crippen LogP contribution in [-0.4, -0.2) is 38.5 Å². The van der Waals surface area contributed by atoms with Crippen molar-refractivity contribution in [2.24, 2.45) is 0 Å². The molecule has 1 amide bonds. The van der Waals surface area contributed by atoms with E-state index in [0.29, 0.717) is 12.8 Å². The number of benzene rings is 2. The van der Waals surface area contributed by atoms with Crippen LogP contribution in [0, 0.1) is 0 Å². The molecule has 0 bridgehead atoms. The van der Waals surface area contributed by atoms with Gasteiger partial charge in [0.25, 0.3) is 0 Å². The van der Waals surface area contributed by atoms with Crippen molar-refractivity contribution in [1.29, 1.82) is 0 Å². The molecule has 2 N–H and O–H groups in total. The van der Waals surface area contributed by atoms with Gasteiger partial charge in [-0.05, 0) is 54.3 Å². The molecule has 26 heavy (non-hydrogen) atoms. The van der Waals surface area contributed by atoms with E-state index in [9.17, 15) is 14.7 Å². The van der Waals surface area contributed by atoms with E-state index in [0.717, 1.165) is 22.6 Å². The SMILES string of the molecule is COC(=O)Nc1ccc(CCc2cc(OC)ccc2OC)cc1C(=O)O. The molecule has 0 fully saturated rings. The molecule has 0 aliphatic rings. The van der Waals surface area contributed by atoms with Gasteiger partial charge in [0.15, 0.2) is 0 Å². The summed E-state index contributed by atoms with van der Waals surface area (Å²) in [5.74, 6) is 0.343. The lowest BCUT2D eigenvalue weighted by Gasteiger charge is -2.12. The Morgan fingerprint density at radius 1 is 1.00 bits per heavy atom. The highest BCUT2D eigenvalue weighted by molar-refractivity contribution is 5.98. The Morgan fingerprint density at radius 3 is 2.38 bits per heavy atom. The minimum atomic E-state index is -1.13. The number of carbonyl (C=O) groups excluding carboxylic acids is 1. The van der Waals surface area contributed by atoms with Crippen LogP contribution in [0.2, 0.25) is 0 Å². The number of carboxylic acids is 1. The van der Waals surface area contributed by atoms with Crippen LogP contribution < -0.4 is 14.8 Å². The third-order valence-corrected chi connectivity index (χ3v) is 3.91. The topological polar surface area (TPSA) is 94.1 Å². The van der Waals surface area contributed by atoms with Gasteiger partial charge in [-0.15, -0.1) is 0 Å². The van der Waals surface area contributed by atoms with E-state index in [-0.39, 0.29) is 11.3 Å². The Hall–Kier alpha value is -3.22. The maximum absolute atomic E-state index is 11.5. The maximum atomic E-state index is 11.5. The molecular weight excluding hydrogens is 338 g/mol. The lowest BCUT2D eigenvalue weighted by atomic mass is 10.0. The largest absolute Gasteiger partial charge is 0.497 e. The average Bonchev–Trinajstić information content (AvgIpc) is 2.66. The fourth-order valence-corrected chi connectivity index (χ4v) is 2.55. The van der Waals surface area contributed by atoms with Gasteiger partial charge in [0.05, 0.1) is 32.6 Å². The van der Waals surface area contributed by atoms with Crippen LogP contribution in [0.1, 0.15) is 21.5 Å². The predicted molar refractivity (Wildman–Crippen MR) is 96.4 cm³/mol. The summed E-state index contributed by atoms with van der Waals surface area (Å²) < 4.78 is 15.1. The van der Waals surface area contributed by atoms with Crippen LogP contribution in [0.15, 0.2) is 36.4 Å². The van der Waals surface area contributed by atoms with Crippen LogP contribution in [0.3, 0.4) is 0 Å². The highest BCUT2D eigenvalue weighted by Gasteiger charge is 2.14. The van der Waals surface area contributed by atoms with Gasteiger partial charge in [-0.2, -0.15) is 0 Å². The molecule has 0 saturated heterocycles. The number of carbonyl (C=O) groups is 2. The van der Waals surface area contributed by atoms with Crippen molar-refractivity contribution in [1.82, 2.24) is 0 Å². The Labute approximate surface area is 151 Å². The Morgan fingerprint density at radius 2 is 1.77 bits per heavy atom. The minimum absolute atomic E-state index is 0.00510. The van der Waals surface area contributed by atoms with Gasteiger partial charge in [-0.25, -0.2) is 9.59 Å². The van der Waals surface area contributed by atoms with E-state index >= 15 is 0 Å². The lowest BCUT2D eigenvalue weighted by Crippen LogP contribution is -2.14. The van der Waals surface area contributed by atoms with Gasteiger partial charge in [-0.1, -0.05) is 6.07 Å². The predicted octanol–water partition coefficient (Wildman–Crippen LogP) is 3.37. The first kappa shape index (κ1) is 19.1. The molecule has 2 rings (SSSR count). The number of rotatable bonds is 7. The lowest BCUT2D eigenvalue weighted by molar-refractivity contribution is 0.0698. The molecule has 0 aromatic heterocycles. The minimum Gasteiger partial charge on any atom is -0.497 e. The summed E-state index contributed by atoms with van der Waals surface area (Å²) in [5, 5.41) is 11.8. The first-order valence-corrected chi connectivity index (χ1v) is 7.90. The van der Waals surface area contributed by atoms with E-state index in [2.05, 4.69) is 10.1 Å². The Bertz CT molecular complexity index is 803. The van der Waals surface area contributed by atoms with E-state index in [1.54, 1.807) is 32.4 Å². The standard InChI is InChI=1S/C19H21NO6/c1-24-14-7-9-17(25-2)13(11-14)6-4-12-5-8-16(20-19(23)26-3)15(10-12)18(21)22/h5,7-11H,4,6H2,1-3H3,(H,20,23)(H,21,22). The van der Waals surface area contributed by atoms with Crippen LogP contribution in [0.5, 0.6) is 11.5 Å².